The molecular weight excluding hydrogens is 336 g/mol. The number of benzene rings is 2. The second kappa shape index (κ2) is 9.56. The van der Waals surface area contributed by atoms with Crippen LogP contribution in [0.1, 0.15) is 19.4 Å². The van der Waals surface area contributed by atoms with E-state index in [-0.39, 0.29) is 17.9 Å². The molecule has 0 unspecified atom stereocenters. The maximum absolute atomic E-state index is 11.9. The van der Waals surface area contributed by atoms with Gasteiger partial charge in [0.05, 0.1) is 17.3 Å². The zero-order valence-electron chi connectivity index (χ0n) is 14.7. The van der Waals surface area contributed by atoms with E-state index in [1.165, 1.54) is 5.56 Å². The number of carbonyl (C=O) groups is 1. The van der Waals surface area contributed by atoms with Crippen LogP contribution in [0, 0.1) is 5.41 Å². The zero-order valence-corrected chi connectivity index (χ0v) is 15.5. The fourth-order valence-electron chi connectivity index (χ4n) is 2.36. The van der Waals surface area contributed by atoms with E-state index >= 15 is 0 Å². The molecule has 0 saturated heterocycles. The van der Waals surface area contributed by atoms with E-state index < -0.39 is 0 Å². The summed E-state index contributed by atoms with van der Waals surface area (Å²) in [5.41, 5.74) is 1.78. The third-order valence-corrected chi connectivity index (χ3v) is 3.98. The van der Waals surface area contributed by atoms with Crippen LogP contribution in [-0.4, -0.2) is 25.7 Å². The first-order valence-electron chi connectivity index (χ1n) is 8.33. The third-order valence-electron chi connectivity index (χ3n) is 3.65. The quantitative estimate of drug-likeness (QED) is 0.707. The van der Waals surface area contributed by atoms with Gasteiger partial charge >= 0.3 is 0 Å². The molecule has 2 rings (SSSR count). The molecule has 0 radical (unpaired) electrons. The summed E-state index contributed by atoms with van der Waals surface area (Å²) in [6.07, 6.45) is 0. The Morgan fingerprint density at radius 3 is 2.48 bits per heavy atom. The summed E-state index contributed by atoms with van der Waals surface area (Å²) in [5, 5.41) is 6.69. The number of amides is 1. The smallest absolute Gasteiger partial charge is 0.250 e. The van der Waals surface area contributed by atoms with Gasteiger partial charge in [-0.1, -0.05) is 67.9 Å². The molecular formula is C20H25ClN2O2. The van der Waals surface area contributed by atoms with Crippen molar-refractivity contribution >= 4 is 23.2 Å². The predicted octanol–water partition coefficient (Wildman–Crippen LogP) is 4.11. The number of para-hydroxylation sites is 1. The molecule has 0 aromatic heterocycles. The van der Waals surface area contributed by atoms with Gasteiger partial charge in [0.2, 0.25) is 5.91 Å². The summed E-state index contributed by atoms with van der Waals surface area (Å²) < 4.78 is 5.58. The van der Waals surface area contributed by atoms with Crippen LogP contribution < -0.4 is 10.6 Å². The monoisotopic (exact) mass is 360 g/mol. The number of nitrogens with one attached hydrogen (secondary N) is 2. The highest BCUT2D eigenvalue weighted by Crippen LogP contribution is 2.20. The normalized spacial score (nSPS) is 11.3. The first-order chi connectivity index (χ1) is 12.0. The van der Waals surface area contributed by atoms with Gasteiger partial charge in [-0.2, -0.15) is 0 Å². The van der Waals surface area contributed by atoms with Crippen molar-refractivity contribution in [3.63, 3.8) is 0 Å². The minimum atomic E-state index is -0.207. The van der Waals surface area contributed by atoms with Gasteiger partial charge in [-0.3, -0.25) is 4.79 Å². The largest absolute Gasteiger partial charge is 0.371 e. The summed E-state index contributed by atoms with van der Waals surface area (Å²) in [5.74, 6) is -0.207. The Balaban J connectivity index is 1.67. The van der Waals surface area contributed by atoms with Crippen LogP contribution in [0.5, 0.6) is 0 Å². The van der Waals surface area contributed by atoms with Crippen LogP contribution in [-0.2, 0) is 16.1 Å². The molecule has 4 nitrogen and oxygen atoms in total. The number of hydrogen-bond donors (Lipinski definition) is 2. The molecule has 0 heterocycles. The standard InChI is InChI=1S/C20H25ClN2O2/c1-20(2,14-22-12-16-8-4-3-5-9-16)15-25-13-19(24)23-18-11-7-6-10-17(18)21/h3-11,22H,12-15H2,1-2H3,(H,23,24). The van der Waals surface area contributed by atoms with Crippen molar-refractivity contribution in [3.05, 3.63) is 65.2 Å². The van der Waals surface area contributed by atoms with Gasteiger partial charge in [-0.25, -0.2) is 0 Å². The molecule has 134 valence electrons. The molecule has 2 aromatic carbocycles. The molecule has 2 aromatic rings. The summed E-state index contributed by atoms with van der Waals surface area (Å²) >= 11 is 6.02. The highest BCUT2D eigenvalue weighted by Gasteiger charge is 2.18. The van der Waals surface area contributed by atoms with Crippen molar-refractivity contribution < 1.29 is 9.53 Å². The lowest BCUT2D eigenvalue weighted by molar-refractivity contribution is -0.121. The van der Waals surface area contributed by atoms with E-state index in [1.54, 1.807) is 12.1 Å². The molecule has 1 amide bonds. The van der Waals surface area contributed by atoms with Crippen LogP contribution in [0.4, 0.5) is 5.69 Å². The molecule has 5 heteroatoms. The Morgan fingerprint density at radius 1 is 1.08 bits per heavy atom. The first kappa shape index (κ1) is 19.4. The number of rotatable bonds is 9. The van der Waals surface area contributed by atoms with Gasteiger partial charge in [0.15, 0.2) is 0 Å². The lowest BCUT2D eigenvalue weighted by Gasteiger charge is -2.25. The van der Waals surface area contributed by atoms with Crippen molar-refractivity contribution in [1.29, 1.82) is 0 Å². The van der Waals surface area contributed by atoms with Crippen LogP contribution in [0.3, 0.4) is 0 Å². The van der Waals surface area contributed by atoms with E-state index in [1.807, 2.05) is 30.3 Å². The average molecular weight is 361 g/mol. The fraction of sp³-hybridized carbons (Fsp3) is 0.350. The van der Waals surface area contributed by atoms with Crippen molar-refractivity contribution in [2.45, 2.75) is 20.4 Å². The van der Waals surface area contributed by atoms with Crippen LogP contribution in [0.2, 0.25) is 5.02 Å². The molecule has 0 atom stereocenters. The molecule has 0 saturated carbocycles. The van der Waals surface area contributed by atoms with E-state index in [2.05, 4.69) is 36.6 Å². The minimum absolute atomic E-state index is 0.00728. The van der Waals surface area contributed by atoms with Gasteiger partial charge in [0, 0.05) is 18.5 Å². The Labute approximate surface area is 154 Å². The van der Waals surface area contributed by atoms with Crippen LogP contribution in [0.25, 0.3) is 0 Å². The Morgan fingerprint density at radius 2 is 1.76 bits per heavy atom. The summed E-state index contributed by atoms with van der Waals surface area (Å²) in [6.45, 7) is 6.33. The first-order valence-corrected chi connectivity index (χ1v) is 8.71. The summed E-state index contributed by atoms with van der Waals surface area (Å²) in [4.78, 5) is 11.9. The van der Waals surface area contributed by atoms with Gasteiger partial charge in [-0.05, 0) is 17.7 Å². The van der Waals surface area contributed by atoms with Crippen molar-refractivity contribution in [2.24, 2.45) is 5.41 Å². The molecule has 0 aliphatic carbocycles. The van der Waals surface area contributed by atoms with Crippen molar-refractivity contribution in [3.8, 4) is 0 Å². The second-order valence-electron chi connectivity index (χ2n) is 6.77. The molecule has 0 aliphatic rings. The maximum Gasteiger partial charge on any atom is 0.250 e. The topological polar surface area (TPSA) is 50.4 Å². The van der Waals surface area contributed by atoms with E-state index in [4.69, 9.17) is 16.3 Å². The highest BCUT2D eigenvalue weighted by molar-refractivity contribution is 6.33. The Kier molecular flexibility index (Phi) is 7.44. The Bertz CT molecular complexity index is 674. The zero-order chi connectivity index (χ0) is 18.1. The third kappa shape index (κ3) is 7.26. The van der Waals surface area contributed by atoms with E-state index in [0.717, 1.165) is 13.1 Å². The van der Waals surface area contributed by atoms with Gasteiger partial charge in [0.25, 0.3) is 0 Å². The lowest BCUT2D eigenvalue weighted by Crippen LogP contribution is -2.34. The predicted molar refractivity (Wildman–Crippen MR) is 103 cm³/mol. The number of carbonyl (C=O) groups excluding carboxylic acids is 1. The average Bonchev–Trinajstić information content (AvgIpc) is 2.57. The van der Waals surface area contributed by atoms with Gasteiger partial charge in [-0.15, -0.1) is 0 Å². The SMILES string of the molecule is CC(C)(CNCc1ccccc1)COCC(=O)Nc1ccccc1Cl. The number of anilines is 1. The summed E-state index contributed by atoms with van der Waals surface area (Å²) in [7, 11) is 0. The lowest BCUT2D eigenvalue weighted by atomic mass is 9.95. The highest BCUT2D eigenvalue weighted by atomic mass is 35.5. The maximum atomic E-state index is 11.9. The molecule has 0 spiro atoms. The van der Waals surface area contributed by atoms with E-state index in [0.29, 0.717) is 17.3 Å². The number of hydrogen-bond acceptors (Lipinski definition) is 3. The van der Waals surface area contributed by atoms with Crippen molar-refractivity contribution in [2.75, 3.05) is 25.1 Å². The van der Waals surface area contributed by atoms with Crippen molar-refractivity contribution in [1.82, 2.24) is 5.32 Å². The van der Waals surface area contributed by atoms with E-state index in [9.17, 15) is 4.79 Å². The molecule has 0 bridgehead atoms. The summed E-state index contributed by atoms with van der Waals surface area (Å²) in [6, 6.07) is 17.4. The fourth-order valence-corrected chi connectivity index (χ4v) is 2.54. The number of halogens is 1. The second-order valence-corrected chi connectivity index (χ2v) is 7.18. The van der Waals surface area contributed by atoms with Gasteiger partial charge in [0.1, 0.15) is 6.61 Å². The molecule has 0 aliphatic heterocycles. The van der Waals surface area contributed by atoms with Crippen LogP contribution in [0.15, 0.2) is 54.6 Å². The van der Waals surface area contributed by atoms with Gasteiger partial charge < -0.3 is 15.4 Å². The van der Waals surface area contributed by atoms with Crippen LogP contribution >= 0.6 is 11.6 Å². The molecule has 25 heavy (non-hydrogen) atoms. The molecule has 2 N–H and O–H groups in total. The molecule has 0 fully saturated rings. The number of ether oxygens (including phenoxy) is 1. The minimum Gasteiger partial charge on any atom is -0.371 e. The Hall–Kier alpha value is -1.88.